The molecule has 0 radical (unpaired) electrons. The SMILES string of the molecule is CCCCCCCCCCCCOS(=O)(=O)CCC(N)(O)O. The summed E-state index contributed by atoms with van der Waals surface area (Å²) in [6.45, 7) is 2.36. The fourth-order valence-electron chi connectivity index (χ4n) is 2.11. The van der Waals surface area contributed by atoms with E-state index in [0.717, 1.165) is 12.8 Å². The molecular formula is C15H33NO5S. The molecule has 0 aliphatic heterocycles. The molecule has 0 atom stereocenters. The molecule has 0 aromatic rings. The Kier molecular flexibility index (Phi) is 12.1. The lowest BCUT2D eigenvalue weighted by Gasteiger charge is -2.14. The number of aliphatic hydroxyl groups is 2. The second kappa shape index (κ2) is 12.2. The van der Waals surface area contributed by atoms with Crippen LogP contribution in [0, 0.1) is 0 Å². The average molecular weight is 339 g/mol. The zero-order chi connectivity index (χ0) is 16.9. The molecule has 0 rings (SSSR count). The summed E-state index contributed by atoms with van der Waals surface area (Å²) in [4.78, 5) is 0. The maximum atomic E-state index is 11.4. The van der Waals surface area contributed by atoms with Gasteiger partial charge in [-0.3, -0.25) is 9.92 Å². The van der Waals surface area contributed by atoms with Gasteiger partial charge in [-0.15, -0.1) is 0 Å². The van der Waals surface area contributed by atoms with E-state index in [4.69, 9.17) is 20.1 Å². The summed E-state index contributed by atoms with van der Waals surface area (Å²) in [6, 6.07) is 0. The Labute approximate surface area is 135 Å². The van der Waals surface area contributed by atoms with E-state index in [2.05, 4.69) is 6.92 Å². The highest BCUT2D eigenvalue weighted by molar-refractivity contribution is 7.86. The Morgan fingerprint density at radius 2 is 1.36 bits per heavy atom. The molecule has 0 bridgehead atoms. The van der Waals surface area contributed by atoms with E-state index in [9.17, 15) is 8.42 Å². The van der Waals surface area contributed by atoms with Crippen molar-refractivity contribution in [2.75, 3.05) is 12.4 Å². The number of unbranched alkanes of at least 4 members (excludes halogenated alkanes) is 9. The Morgan fingerprint density at radius 1 is 0.909 bits per heavy atom. The lowest BCUT2D eigenvalue weighted by Crippen LogP contribution is -2.40. The summed E-state index contributed by atoms with van der Waals surface area (Å²) in [5.74, 6) is -2.96. The molecule has 0 aliphatic rings. The maximum Gasteiger partial charge on any atom is 0.267 e. The van der Waals surface area contributed by atoms with Crippen molar-refractivity contribution in [3.63, 3.8) is 0 Å². The van der Waals surface area contributed by atoms with Gasteiger partial charge in [0.05, 0.1) is 12.4 Å². The van der Waals surface area contributed by atoms with E-state index < -0.39 is 28.2 Å². The van der Waals surface area contributed by atoms with Crippen LogP contribution in [0.25, 0.3) is 0 Å². The monoisotopic (exact) mass is 339 g/mol. The molecule has 0 aromatic carbocycles. The van der Waals surface area contributed by atoms with Crippen LogP contribution in [0.3, 0.4) is 0 Å². The third-order valence-corrected chi connectivity index (χ3v) is 4.71. The summed E-state index contributed by atoms with van der Waals surface area (Å²) < 4.78 is 27.7. The van der Waals surface area contributed by atoms with E-state index in [1.54, 1.807) is 0 Å². The van der Waals surface area contributed by atoms with Crippen LogP contribution in [0.5, 0.6) is 0 Å². The summed E-state index contributed by atoms with van der Waals surface area (Å²) in [7, 11) is -3.73. The quantitative estimate of drug-likeness (QED) is 0.240. The van der Waals surface area contributed by atoms with Crippen molar-refractivity contribution in [1.82, 2.24) is 0 Å². The van der Waals surface area contributed by atoms with Crippen LogP contribution in [-0.4, -0.2) is 36.9 Å². The van der Waals surface area contributed by atoms with Gasteiger partial charge in [0.1, 0.15) is 0 Å². The Morgan fingerprint density at radius 3 is 1.82 bits per heavy atom. The molecule has 0 spiro atoms. The first-order valence-electron chi connectivity index (χ1n) is 8.37. The normalized spacial score (nSPS) is 12.7. The number of hydrogen-bond donors (Lipinski definition) is 3. The Hall–Kier alpha value is -0.210. The predicted molar refractivity (Wildman–Crippen MR) is 87.6 cm³/mol. The second-order valence-corrected chi connectivity index (χ2v) is 7.65. The van der Waals surface area contributed by atoms with Gasteiger partial charge < -0.3 is 10.2 Å². The Balaban J connectivity index is 3.42. The maximum absolute atomic E-state index is 11.4. The largest absolute Gasteiger partial charge is 0.354 e. The van der Waals surface area contributed by atoms with Crippen LogP contribution in [0.15, 0.2) is 0 Å². The fourth-order valence-corrected chi connectivity index (χ4v) is 3.15. The second-order valence-electron chi connectivity index (χ2n) is 5.89. The highest BCUT2D eigenvalue weighted by atomic mass is 32.2. The van der Waals surface area contributed by atoms with Gasteiger partial charge >= 0.3 is 0 Å². The van der Waals surface area contributed by atoms with Crippen molar-refractivity contribution in [1.29, 1.82) is 0 Å². The summed E-state index contributed by atoms with van der Waals surface area (Å²) >= 11 is 0. The van der Waals surface area contributed by atoms with E-state index >= 15 is 0 Å². The van der Waals surface area contributed by atoms with E-state index in [1.807, 2.05) is 0 Å². The highest BCUT2D eigenvalue weighted by Crippen LogP contribution is 2.11. The van der Waals surface area contributed by atoms with E-state index in [1.165, 1.54) is 44.9 Å². The molecule has 7 heteroatoms. The highest BCUT2D eigenvalue weighted by Gasteiger charge is 2.21. The van der Waals surface area contributed by atoms with E-state index in [0.29, 0.717) is 6.42 Å². The molecular weight excluding hydrogens is 306 g/mol. The lowest BCUT2D eigenvalue weighted by atomic mass is 10.1. The molecule has 0 heterocycles. The first-order chi connectivity index (χ1) is 10.3. The first-order valence-corrected chi connectivity index (χ1v) is 9.95. The number of nitrogens with two attached hydrogens (primary N) is 1. The number of rotatable bonds is 15. The molecule has 4 N–H and O–H groups in total. The molecule has 134 valence electrons. The van der Waals surface area contributed by atoms with Crippen molar-refractivity contribution in [2.45, 2.75) is 83.5 Å². The van der Waals surface area contributed by atoms with Crippen LogP contribution in [0.2, 0.25) is 0 Å². The fraction of sp³-hybridized carbons (Fsp3) is 1.00. The minimum Gasteiger partial charge on any atom is -0.354 e. The van der Waals surface area contributed by atoms with Gasteiger partial charge in [-0.05, 0) is 6.42 Å². The molecule has 22 heavy (non-hydrogen) atoms. The van der Waals surface area contributed by atoms with Gasteiger partial charge in [0.15, 0.2) is 0 Å². The molecule has 6 nitrogen and oxygen atoms in total. The molecule has 0 fully saturated rings. The van der Waals surface area contributed by atoms with Gasteiger partial charge in [-0.1, -0.05) is 64.7 Å². The van der Waals surface area contributed by atoms with Crippen LogP contribution in [-0.2, 0) is 14.3 Å². The van der Waals surface area contributed by atoms with Crippen molar-refractivity contribution in [3.8, 4) is 0 Å². The zero-order valence-electron chi connectivity index (χ0n) is 13.8. The lowest BCUT2D eigenvalue weighted by molar-refractivity contribution is -0.156. The summed E-state index contributed by atoms with van der Waals surface area (Å²) in [6.07, 6.45) is 11.2. The minimum atomic E-state index is -3.73. The smallest absolute Gasteiger partial charge is 0.267 e. The van der Waals surface area contributed by atoms with Crippen LogP contribution < -0.4 is 5.73 Å². The molecule has 0 saturated carbocycles. The molecule has 0 saturated heterocycles. The topological polar surface area (TPSA) is 110 Å². The average Bonchev–Trinajstić information content (AvgIpc) is 2.42. The molecule has 0 aromatic heterocycles. The van der Waals surface area contributed by atoms with Gasteiger partial charge in [0.25, 0.3) is 10.1 Å². The molecule has 0 amide bonds. The predicted octanol–water partition coefficient (Wildman–Crippen LogP) is 2.24. The zero-order valence-corrected chi connectivity index (χ0v) is 14.6. The van der Waals surface area contributed by atoms with E-state index in [-0.39, 0.29) is 6.61 Å². The Bertz CT molecular complexity index is 351. The standard InChI is InChI=1S/C15H33NO5S/c1-2-3-4-5-6-7-8-9-10-11-13-21-22(19,20)14-12-15(16,17)18/h17-18H,2-14,16H2,1H3. The van der Waals surface area contributed by atoms with Gasteiger partial charge in [0.2, 0.25) is 5.91 Å². The third-order valence-electron chi connectivity index (χ3n) is 3.48. The van der Waals surface area contributed by atoms with Gasteiger partial charge in [-0.25, -0.2) is 0 Å². The molecule has 0 aliphatic carbocycles. The molecule has 0 unspecified atom stereocenters. The van der Waals surface area contributed by atoms with Crippen molar-refractivity contribution < 1.29 is 22.8 Å². The summed E-state index contributed by atoms with van der Waals surface area (Å²) in [5.41, 5.74) is 4.89. The van der Waals surface area contributed by atoms with Crippen molar-refractivity contribution >= 4 is 10.1 Å². The minimum absolute atomic E-state index is 0.146. The van der Waals surface area contributed by atoms with Gasteiger partial charge in [0, 0.05) is 6.42 Å². The summed E-state index contributed by atoms with van der Waals surface area (Å²) in [5, 5.41) is 17.7. The van der Waals surface area contributed by atoms with Crippen molar-refractivity contribution in [3.05, 3.63) is 0 Å². The number of hydrogen-bond acceptors (Lipinski definition) is 6. The van der Waals surface area contributed by atoms with Crippen molar-refractivity contribution in [2.24, 2.45) is 5.73 Å². The van der Waals surface area contributed by atoms with Crippen LogP contribution in [0.1, 0.15) is 77.6 Å². The van der Waals surface area contributed by atoms with Crippen LogP contribution in [0.4, 0.5) is 0 Å². The first kappa shape index (κ1) is 21.8. The van der Waals surface area contributed by atoms with Gasteiger partial charge in [-0.2, -0.15) is 8.42 Å². The third kappa shape index (κ3) is 16.2. The van der Waals surface area contributed by atoms with Crippen LogP contribution >= 0.6 is 0 Å².